The van der Waals surface area contributed by atoms with Crippen LogP contribution in [-0.2, 0) is 4.79 Å². The third-order valence-corrected chi connectivity index (χ3v) is 3.23. The molecule has 0 fully saturated rings. The third-order valence-electron chi connectivity index (χ3n) is 2.68. The Balaban J connectivity index is 1.93. The van der Waals surface area contributed by atoms with E-state index in [1.54, 1.807) is 36.4 Å². The number of benzene rings is 2. The van der Waals surface area contributed by atoms with Gasteiger partial charge in [-0.1, -0.05) is 41.9 Å². The van der Waals surface area contributed by atoms with Gasteiger partial charge >= 0.3 is 0 Å². The van der Waals surface area contributed by atoms with E-state index >= 15 is 0 Å². The van der Waals surface area contributed by atoms with Crippen LogP contribution in [0.3, 0.4) is 0 Å². The van der Waals surface area contributed by atoms with Crippen LogP contribution >= 0.6 is 23.8 Å². The van der Waals surface area contributed by atoms with Gasteiger partial charge in [-0.05, 0) is 42.1 Å². The number of hydrogen-bond donors (Lipinski definition) is 2. The fraction of sp³-hybridized carbons (Fsp3) is 0. The summed E-state index contributed by atoms with van der Waals surface area (Å²) in [7, 11) is 0. The second-order valence-corrected chi connectivity index (χ2v) is 5.09. The van der Waals surface area contributed by atoms with Crippen molar-refractivity contribution in [2.75, 3.05) is 5.32 Å². The van der Waals surface area contributed by atoms with Gasteiger partial charge in [-0.3, -0.25) is 10.1 Å². The SMILES string of the molecule is O=C(C=Cc1ccccc1Cl)NC(=S)Nc1ccccc1F. The average Bonchev–Trinajstić information content (AvgIpc) is 2.49. The first kappa shape index (κ1) is 16.1. The number of thiocarbonyl (C=S) groups is 1. The van der Waals surface area contributed by atoms with Gasteiger partial charge < -0.3 is 5.32 Å². The minimum Gasteiger partial charge on any atom is -0.330 e. The van der Waals surface area contributed by atoms with Crippen molar-refractivity contribution in [2.45, 2.75) is 0 Å². The summed E-state index contributed by atoms with van der Waals surface area (Å²) in [4.78, 5) is 11.8. The van der Waals surface area contributed by atoms with Crippen LogP contribution in [0, 0.1) is 5.82 Å². The van der Waals surface area contributed by atoms with Gasteiger partial charge in [0.1, 0.15) is 5.82 Å². The third kappa shape index (κ3) is 4.65. The van der Waals surface area contributed by atoms with Crippen LogP contribution in [0.4, 0.5) is 10.1 Å². The number of carbonyl (C=O) groups excluding carboxylic acids is 1. The lowest BCUT2D eigenvalue weighted by Gasteiger charge is -2.08. The quantitative estimate of drug-likeness (QED) is 0.658. The van der Waals surface area contributed by atoms with Crippen LogP contribution in [-0.4, -0.2) is 11.0 Å². The number of rotatable bonds is 3. The molecular formula is C16H12ClFN2OS. The number of carbonyl (C=O) groups is 1. The zero-order valence-electron chi connectivity index (χ0n) is 11.3. The molecule has 112 valence electrons. The predicted octanol–water partition coefficient (Wildman–Crippen LogP) is 4.01. The summed E-state index contributed by atoms with van der Waals surface area (Å²) in [5.41, 5.74) is 0.912. The zero-order chi connectivity index (χ0) is 15.9. The molecular weight excluding hydrogens is 323 g/mol. The van der Waals surface area contributed by atoms with E-state index in [1.165, 1.54) is 18.2 Å². The molecule has 0 aromatic heterocycles. The summed E-state index contributed by atoms with van der Waals surface area (Å²) >= 11 is 10.9. The highest BCUT2D eigenvalue weighted by atomic mass is 35.5. The van der Waals surface area contributed by atoms with Gasteiger partial charge in [0.15, 0.2) is 5.11 Å². The van der Waals surface area contributed by atoms with Gasteiger partial charge in [0.05, 0.1) is 5.69 Å². The Labute approximate surface area is 137 Å². The molecule has 0 bridgehead atoms. The molecule has 3 nitrogen and oxygen atoms in total. The Bertz CT molecular complexity index is 734. The molecule has 0 saturated carbocycles. The molecule has 0 spiro atoms. The van der Waals surface area contributed by atoms with Gasteiger partial charge in [-0.2, -0.15) is 0 Å². The molecule has 6 heteroatoms. The standard InChI is InChI=1S/C16H12ClFN2OS/c17-12-6-2-1-5-11(12)9-10-15(21)20-16(22)19-14-8-4-3-7-13(14)18/h1-10H,(H2,19,20,21,22). The Kier molecular flexibility index (Phi) is 5.63. The molecule has 0 aliphatic heterocycles. The van der Waals surface area contributed by atoms with Crippen molar-refractivity contribution in [3.05, 3.63) is 71.0 Å². The largest absolute Gasteiger partial charge is 0.330 e. The highest BCUT2D eigenvalue weighted by Gasteiger charge is 2.05. The normalized spacial score (nSPS) is 10.5. The predicted molar refractivity (Wildman–Crippen MR) is 91.2 cm³/mol. The number of hydrogen-bond acceptors (Lipinski definition) is 2. The summed E-state index contributed by atoms with van der Waals surface area (Å²) in [5, 5.41) is 5.60. The lowest BCUT2D eigenvalue weighted by Crippen LogP contribution is -2.33. The molecule has 2 aromatic carbocycles. The fourth-order valence-corrected chi connectivity index (χ4v) is 2.05. The summed E-state index contributed by atoms with van der Waals surface area (Å²) in [6, 6.07) is 13.2. The molecule has 0 aliphatic rings. The smallest absolute Gasteiger partial charge is 0.250 e. The van der Waals surface area contributed by atoms with Crippen molar-refractivity contribution in [1.29, 1.82) is 0 Å². The van der Waals surface area contributed by atoms with Gasteiger partial charge in [0, 0.05) is 11.1 Å². The second kappa shape index (κ2) is 7.68. The van der Waals surface area contributed by atoms with Crippen molar-refractivity contribution < 1.29 is 9.18 Å². The van der Waals surface area contributed by atoms with Gasteiger partial charge in [-0.25, -0.2) is 4.39 Å². The highest BCUT2D eigenvalue weighted by molar-refractivity contribution is 7.80. The van der Waals surface area contributed by atoms with Crippen molar-refractivity contribution in [1.82, 2.24) is 5.32 Å². The Morgan fingerprint density at radius 1 is 1.14 bits per heavy atom. The van der Waals surface area contributed by atoms with E-state index in [0.29, 0.717) is 10.6 Å². The molecule has 2 aromatic rings. The fourth-order valence-electron chi connectivity index (χ4n) is 1.65. The van der Waals surface area contributed by atoms with Crippen LogP contribution < -0.4 is 10.6 Å². The average molecular weight is 335 g/mol. The van der Waals surface area contributed by atoms with Crippen molar-refractivity contribution in [3.63, 3.8) is 0 Å². The molecule has 0 radical (unpaired) electrons. The first-order valence-electron chi connectivity index (χ1n) is 6.35. The Morgan fingerprint density at radius 3 is 2.55 bits per heavy atom. The molecule has 0 saturated heterocycles. The Morgan fingerprint density at radius 2 is 1.82 bits per heavy atom. The molecule has 0 heterocycles. The summed E-state index contributed by atoms with van der Waals surface area (Å²) < 4.78 is 13.4. The van der Waals surface area contributed by atoms with Gasteiger partial charge in [0.25, 0.3) is 0 Å². The van der Waals surface area contributed by atoms with Crippen LogP contribution in [0.2, 0.25) is 5.02 Å². The maximum Gasteiger partial charge on any atom is 0.250 e. The summed E-state index contributed by atoms with van der Waals surface area (Å²) in [6.07, 6.45) is 2.87. The topological polar surface area (TPSA) is 41.1 Å². The molecule has 2 rings (SSSR count). The van der Waals surface area contributed by atoms with Crippen LogP contribution in [0.5, 0.6) is 0 Å². The number of nitrogens with one attached hydrogen (secondary N) is 2. The van der Waals surface area contributed by atoms with Crippen molar-refractivity contribution in [3.8, 4) is 0 Å². The number of para-hydroxylation sites is 1. The molecule has 0 atom stereocenters. The van der Waals surface area contributed by atoms with Crippen molar-refractivity contribution in [2.24, 2.45) is 0 Å². The molecule has 2 N–H and O–H groups in total. The van der Waals surface area contributed by atoms with Crippen LogP contribution in [0.15, 0.2) is 54.6 Å². The monoisotopic (exact) mass is 334 g/mol. The van der Waals surface area contributed by atoms with E-state index in [2.05, 4.69) is 10.6 Å². The van der Waals surface area contributed by atoms with E-state index in [9.17, 15) is 9.18 Å². The molecule has 1 amide bonds. The van der Waals surface area contributed by atoms with Crippen LogP contribution in [0.1, 0.15) is 5.56 Å². The zero-order valence-corrected chi connectivity index (χ0v) is 12.9. The maximum atomic E-state index is 13.4. The Hall–Kier alpha value is -2.24. The first-order chi connectivity index (χ1) is 10.6. The van der Waals surface area contributed by atoms with E-state index < -0.39 is 11.7 Å². The second-order valence-electron chi connectivity index (χ2n) is 4.28. The van der Waals surface area contributed by atoms with E-state index in [1.807, 2.05) is 6.07 Å². The first-order valence-corrected chi connectivity index (χ1v) is 7.14. The lowest BCUT2D eigenvalue weighted by atomic mass is 10.2. The number of amides is 1. The van der Waals surface area contributed by atoms with Crippen LogP contribution in [0.25, 0.3) is 6.08 Å². The summed E-state index contributed by atoms with van der Waals surface area (Å²) in [6.45, 7) is 0. The van der Waals surface area contributed by atoms with Gasteiger partial charge in [0.2, 0.25) is 5.91 Å². The highest BCUT2D eigenvalue weighted by Crippen LogP contribution is 2.16. The lowest BCUT2D eigenvalue weighted by molar-refractivity contribution is -0.115. The maximum absolute atomic E-state index is 13.4. The summed E-state index contributed by atoms with van der Waals surface area (Å²) in [5.74, 6) is -0.889. The number of anilines is 1. The molecule has 0 unspecified atom stereocenters. The minimum atomic E-state index is -0.453. The van der Waals surface area contributed by atoms with Gasteiger partial charge in [-0.15, -0.1) is 0 Å². The van der Waals surface area contributed by atoms with E-state index in [-0.39, 0.29) is 10.8 Å². The van der Waals surface area contributed by atoms with Crippen molar-refractivity contribution >= 4 is 46.6 Å². The minimum absolute atomic E-state index is 0.0129. The van der Waals surface area contributed by atoms with E-state index in [0.717, 1.165) is 0 Å². The van der Waals surface area contributed by atoms with E-state index in [4.69, 9.17) is 23.8 Å². The molecule has 0 aliphatic carbocycles. The number of halogens is 2. The molecule has 22 heavy (non-hydrogen) atoms.